The van der Waals surface area contributed by atoms with Gasteiger partial charge >= 0.3 is 0 Å². The van der Waals surface area contributed by atoms with Crippen molar-refractivity contribution in [2.75, 3.05) is 0 Å². The minimum Gasteiger partial charge on any atom is -0.188 e. The van der Waals surface area contributed by atoms with Gasteiger partial charge in [0.05, 0.1) is 0 Å². The molecule has 0 bridgehead atoms. The van der Waals surface area contributed by atoms with Gasteiger partial charge in [-0.1, -0.05) is 37.3 Å². The summed E-state index contributed by atoms with van der Waals surface area (Å²) in [6, 6.07) is 20.5. The predicted octanol–water partition coefficient (Wildman–Crippen LogP) is 4.78. The lowest BCUT2D eigenvalue weighted by Gasteiger charge is -2.26. The molecule has 2 unspecified atom stereocenters. The number of fused-ring (bicyclic) bond motifs is 5. The quantitative estimate of drug-likeness (QED) is 0.519. The zero-order valence-electron chi connectivity index (χ0n) is 12.8. The van der Waals surface area contributed by atoms with Crippen molar-refractivity contribution in [1.29, 1.82) is 0 Å². The SMILES string of the molecule is Cc1cccc2c1ccc1[n+]2C(C)C(C)c2ccccc2-1. The van der Waals surface area contributed by atoms with Crippen molar-refractivity contribution in [2.24, 2.45) is 0 Å². The molecule has 21 heavy (non-hydrogen) atoms. The molecule has 2 atom stereocenters. The van der Waals surface area contributed by atoms with Gasteiger partial charge in [-0.3, -0.25) is 0 Å². The fourth-order valence-electron chi connectivity index (χ4n) is 3.73. The number of aryl methyl sites for hydroxylation is 1. The maximum absolute atomic E-state index is 2.52. The third kappa shape index (κ3) is 1.67. The summed E-state index contributed by atoms with van der Waals surface area (Å²) in [6.07, 6.45) is 0. The van der Waals surface area contributed by atoms with Crippen molar-refractivity contribution in [3.8, 4) is 11.3 Å². The molecule has 1 heteroatoms. The zero-order chi connectivity index (χ0) is 14.6. The van der Waals surface area contributed by atoms with Gasteiger partial charge < -0.3 is 0 Å². The average molecular weight is 274 g/mol. The fraction of sp³-hybridized carbons (Fsp3) is 0.250. The molecule has 0 amide bonds. The minimum atomic E-state index is 0.473. The van der Waals surface area contributed by atoms with Crippen molar-refractivity contribution < 1.29 is 4.57 Å². The monoisotopic (exact) mass is 274 g/mol. The lowest BCUT2D eigenvalue weighted by Crippen LogP contribution is -2.46. The highest BCUT2D eigenvalue weighted by Gasteiger charge is 2.35. The van der Waals surface area contributed by atoms with E-state index < -0.39 is 0 Å². The molecule has 1 aromatic heterocycles. The van der Waals surface area contributed by atoms with E-state index in [0.29, 0.717) is 12.0 Å². The van der Waals surface area contributed by atoms with E-state index in [1.54, 1.807) is 0 Å². The van der Waals surface area contributed by atoms with E-state index >= 15 is 0 Å². The summed E-state index contributed by atoms with van der Waals surface area (Å²) in [6.45, 7) is 6.88. The van der Waals surface area contributed by atoms with Gasteiger partial charge in [0.25, 0.3) is 0 Å². The van der Waals surface area contributed by atoms with Gasteiger partial charge in [0.1, 0.15) is 0 Å². The summed E-state index contributed by atoms with van der Waals surface area (Å²) in [7, 11) is 0. The Morgan fingerprint density at radius 2 is 1.67 bits per heavy atom. The summed E-state index contributed by atoms with van der Waals surface area (Å²) in [5.74, 6) is 0.532. The predicted molar refractivity (Wildman–Crippen MR) is 87.4 cm³/mol. The van der Waals surface area contributed by atoms with E-state index in [0.717, 1.165) is 0 Å². The van der Waals surface area contributed by atoms with E-state index in [9.17, 15) is 0 Å². The van der Waals surface area contributed by atoms with Crippen LogP contribution in [0, 0.1) is 6.92 Å². The number of nitrogens with zero attached hydrogens (tertiary/aromatic N) is 1. The number of aromatic nitrogens is 1. The van der Waals surface area contributed by atoms with Crippen LogP contribution in [0.25, 0.3) is 22.2 Å². The molecule has 1 nitrogen and oxygen atoms in total. The molecule has 0 N–H and O–H groups in total. The second-order valence-corrected chi connectivity index (χ2v) is 6.21. The highest BCUT2D eigenvalue weighted by molar-refractivity contribution is 5.81. The molecule has 104 valence electrons. The lowest BCUT2D eigenvalue weighted by atomic mass is 9.84. The third-order valence-electron chi connectivity index (χ3n) is 5.09. The molecular weight excluding hydrogens is 254 g/mol. The van der Waals surface area contributed by atoms with Gasteiger partial charge in [0.2, 0.25) is 11.2 Å². The second-order valence-electron chi connectivity index (χ2n) is 6.21. The van der Waals surface area contributed by atoms with Crippen molar-refractivity contribution in [3.05, 3.63) is 65.7 Å². The maximum atomic E-state index is 2.52. The zero-order valence-corrected chi connectivity index (χ0v) is 12.8. The smallest absolute Gasteiger partial charge is 0.188 e. The molecule has 0 spiro atoms. The van der Waals surface area contributed by atoms with Crippen LogP contribution in [-0.2, 0) is 0 Å². The Kier molecular flexibility index (Phi) is 2.65. The molecule has 1 aliphatic rings. The van der Waals surface area contributed by atoms with E-state index in [1.807, 2.05) is 0 Å². The van der Waals surface area contributed by atoms with Crippen molar-refractivity contribution in [1.82, 2.24) is 0 Å². The van der Waals surface area contributed by atoms with Crippen molar-refractivity contribution >= 4 is 10.9 Å². The Morgan fingerprint density at radius 3 is 2.52 bits per heavy atom. The Labute approximate surface area is 125 Å². The first kappa shape index (κ1) is 12.6. The van der Waals surface area contributed by atoms with E-state index in [4.69, 9.17) is 0 Å². The van der Waals surface area contributed by atoms with Crippen LogP contribution in [0.2, 0.25) is 0 Å². The summed E-state index contributed by atoms with van der Waals surface area (Å²) < 4.78 is 2.52. The Hall–Kier alpha value is -2.15. The molecule has 0 saturated heterocycles. The summed E-state index contributed by atoms with van der Waals surface area (Å²) in [5, 5.41) is 1.36. The molecule has 2 aromatic carbocycles. The Balaban J connectivity index is 2.14. The fourth-order valence-corrected chi connectivity index (χ4v) is 3.73. The largest absolute Gasteiger partial charge is 0.213 e. The molecule has 3 aromatic rings. The second kappa shape index (κ2) is 4.42. The van der Waals surface area contributed by atoms with Gasteiger partial charge in [-0.2, -0.15) is 4.57 Å². The third-order valence-corrected chi connectivity index (χ3v) is 5.09. The number of rotatable bonds is 0. The first-order valence-electron chi connectivity index (χ1n) is 7.71. The number of pyridine rings is 1. The van der Waals surface area contributed by atoms with Crippen LogP contribution in [0.15, 0.2) is 54.6 Å². The van der Waals surface area contributed by atoms with Crippen LogP contribution >= 0.6 is 0 Å². The first-order valence-corrected chi connectivity index (χ1v) is 7.71. The molecule has 1 aliphatic heterocycles. The van der Waals surface area contributed by atoms with Crippen LogP contribution in [0.1, 0.15) is 36.9 Å². The Bertz CT molecular complexity index is 848. The highest BCUT2D eigenvalue weighted by atomic mass is 15.0. The molecule has 2 heterocycles. The van der Waals surface area contributed by atoms with Gasteiger partial charge in [-0.15, -0.1) is 0 Å². The van der Waals surface area contributed by atoms with Gasteiger partial charge in [-0.25, -0.2) is 0 Å². The van der Waals surface area contributed by atoms with E-state index in [-0.39, 0.29) is 0 Å². The van der Waals surface area contributed by atoms with Crippen LogP contribution in [0.4, 0.5) is 0 Å². The van der Waals surface area contributed by atoms with Crippen molar-refractivity contribution in [3.63, 3.8) is 0 Å². The van der Waals surface area contributed by atoms with Crippen LogP contribution < -0.4 is 4.57 Å². The van der Waals surface area contributed by atoms with Crippen LogP contribution in [-0.4, -0.2) is 0 Å². The minimum absolute atomic E-state index is 0.473. The van der Waals surface area contributed by atoms with Crippen molar-refractivity contribution in [2.45, 2.75) is 32.7 Å². The number of hydrogen-bond acceptors (Lipinski definition) is 0. The van der Waals surface area contributed by atoms with Crippen LogP contribution in [0.5, 0.6) is 0 Å². The van der Waals surface area contributed by atoms with Gasteiger partial charge in [-0.05, 0) is 37.1 Å². The number of benzene rings is 2. The van der Waals surface area contributed by atoms with Gasteiger partial charge in [0, 0.05) is 29.0 Å². The molecule has 4 rings (SSSR count). The first-order chi connectivity index (χ1) is 10.2. The summed E-state index contributed by atoms with van der Waals surface area (Å²) in [5.41, 5.74) is 6.89. The standard InChI is InChI=1S/C20H20N/c1-13-7-6-10-19-16(13)11-12-20-18-9-5-4-8-17(18)14(2)15(3)21(19)20/h4-12,14-15H,1-3H3/q+1. The molecule has 0 radical (unpaired) electrons. The average Bonchev–Trinajstić information content (AvgIpc) is 2.52. The molecular formula is C20H20N+. The Morgan fingerprint density at radius 1 is 0.857 bits per heavy atom. The topological polar surface area (TPSA) is 3.88 Å². The summed E-state index contributed by atoms with van der Waals surface area (Å²) >= 11 is 0. The summed E-state index contributed by atoms with van der Waals surface area (Å²) in [4.78, 5) is 0. The normalized spacial score (nSPS) is 20.1. The van der Waals surface area contributed by atoms with E-state index in [2.05, 4.69) is 79.9 Å². The molecule has 0 aliphatic carbocycles. The number of hydrogen-bond donors (Lipinski definition) is 0. The maximum Gasteiger partial charge on any atom is 0.213 e. The van der Waals surface area contributed by atoms with Crippen LogP contribution in [0.3, 0.4) is 0 Å². The lowest BCUT2D eigenvalue weighted by molar-refractivity contribution is -0.689. The van der Waals surface area contributed by atoms with Gasteiger partial charge in [0.15, 0.2) is 6.04 Å². The molecule has 0 saturated carbocycles. The molecule has 0 fully saturated rings. The van der Waals surface area contributed by atoms with E-state index in [1.165, 1.54) is 33.3 Å². The highest BCUT2D eigenvalue weighted by Crippen LogP contribution is 2.38.